The number of ether oxygens (including phenoxy) is 2. The van der Waals surface area contributed by atoms with E-state index >= 15 is 0 Å². The number of nitrogens with zero attached hydrogens (tertiary/aromatic N) is 1. The van der Waals surface area contributed by atoms with E-state index < -0.39 is 66.2 Å². The summed E-state index contributed by atoms with van der Waals surface area (Å²) in [6, 6.07) is 28.4. The van der Waals surface area contributed by atoms with E-state index in [0.717, 1.165) is 32.7 Å². The van der Waals surface area contributed by atoms with Crippen LogP contribution in [0.5, 0.6) is 0 Å². The second-order valence-corrected chi connectivity index (χ2v) is 16.7. The van der Waals surface area contributed by atoms with Crippen LogP contribution in [0, 0.1) is 11.8 Å². The molecule has 9 nitrogen and oxygen atoms in total. The highest BCUT2D eigenvalue weighted by molar-refractivity contribution is 6.60. The van der Waals surface area contributed by atoms with Crippen molar-refractivity contribution in [3.63, 3.8) is 0 Å². The molecule has 0 aromatic heterocycles. The Labute approximate surface area is 314 Å². The standard InChI is InChI=1S/C42H53B2NO8/c1-38(2)39(3,4)51-43(50-38)45(44-52-40(5,6)41(7,8)53-44)42(9,34(36(46)48-10)26-28-20-22-30-16-12-14-18-32(30)24-28)35(37(47)49-11)27-29-21-23-31-17-13-15-19-33(31)25-29/h12-25,34-35H,26-27H2,1-11H3/t34-,35+,42?. The molecule has 0 N–H and O–H groups in total. The lowest BCUT2D eigenvalue weighted by atomic mass is 9.63. The summed E-state index contributed by atoms with van der Waals surface area (Å²) in [5.74, 6) is -2.97. The van der Waals surface area contributed by atoms with E-state index in [0.29, 0.717) is 0 Å². The van der Waals surface area contributed by atoms with Crippen LogP contribution in [0.4, 0.5) is 0 Å². The molecule has 1 unspecified atom stereocenters. The molecule has 0 bridgehead atoms. The van der Waals surface area contributed by atoms with Crippen molar-refractivity contribution in [2.75, 3.05) is 14.2 Å². The first-order chi connectivity index (χ1) is 24.8. The minimum absolute atomic E-state index is 0.217. The van der Waals surface area contributed by atoms with Crippen LogP contribution in [0.2, 0.25) is 0 Å². The Morgan fingerprint density at radius 1 is 0.585 bits per heavy atom. The number of methoxy groups -OCH3 is 2. The average molecular weight is 722 g/mol. The summed E-state index contributed by atoms with van der Waals surface area (Å²) < 4.78 is 40.3. The average Bonchev–Trinajstić information content (AvgIpc) is 3.46. The molecule has 0 aliphatic carbocycles. The van der Waals surface area contributed by atoms with Gasteiger partial charge in [-0.05, 0) is 108 Å². The van der Waals surface area contributed by atoms with Gasteiger partial charge in [0.1, 0.15) is 0 Å². The van der Waals surface area contributed by atoms with Crippen LogP contribution in [-0.4, -0.2) is 73.3 Å². The van der Waals surface area contributed by atoms with E-state index in [1.165, 1.54) is 14.2 Å². The van der Waals surface area contributed by atoms with Crippen molar-refractivity contribution >= 4 is 48.0 Å². The number of benzene rings is 4. The molecule has 3 atom stereocenters. The van der Waals surface area contributed by atoms with E-state index in [1.807, 2.05) is 128 Å². The molecule has 11 heteroatoms. The van der Waals surface area contributed by atoms with Crippen molar-refractivity contribution in [3.05, 3.63) is 96.1 Å². The highest BCUT2D eigenvalue weighted by Gasteiger charge is 2.68. The summed E-state index contributed by atoms with van der Waals surface area (Å²) >= 11 is 0. The number of hydrogen-bond donors (Lipinski definition) is 0. The number of esters is 2. The first-order valence-corrected chi connectivity index (χ1v) is 18.4. The second-order valence-electron chi connectivity index (χ2n) is 16.7. The molecule has 4 aromatic carbocycles. The quantitative estimate of drug-likeness (QED) is 0.115. The Hall–Kier alpha value is -3.73. The van der Waals surface area contributed by atoms with Crippen LogP contribution >= 0.6 is 0 Å². The smallest absolute Gasteiger partial charge is 0.469 e. The Morgan fingerprint density at radius 3 is 1.23 bits per heavy atom. The molecule has 2 heterocycles. The first-order valence-electron chi connectivity index (χ1n) is 18.4. The van der Waals surface area contributed by atoms with Gasteiger partial charge in [-0.25, -0.2) is 0 Å². The molecule has 0 spiro atoms. The van der Waals surface area contributed by atoms with Gasteiger partial charge in [0.25, 0.3) is 0 Å². The zero-order valence-corrected chi connectivity index (χ0v) is 33.0. The lowest BCUT2D eigenvalue weighted by Crippen LogP contribution is -2.71. The fourth-order valence-electron chi connectivity index (χ4n) is 7.55. The molecule has 0 radical (unpaired) electrons. The molecule has 4 aromatic rings. The number of carbonyl (C=O) groups is 2. The van der Waals surface area contributed by atoms with Gasteiger partial charge in [-0.2, -0.15) is 0 Å². The van der Waals surface area contributed by atoms with Crippen LogP contribution in [0.25, 0.3) is 21.5 Å². The highest BCUT2D eigenvalue weighted by Crippen LogP contribution is 2.48. The van der Waals surface area contributed by atoms with Gasteiger partial charge in [0.15, 0.2) is 0 Å². The van der Waals surface area contributed by atoms with Crippen molar-refractivity contribution in [1.29, 1.82) is 0 Å². The molecule has 2 aliphatic heterocycles. The van der Waals surface area contributed by atoms with Crippen LogP contribution < -0.4 is 0 Å². The molecule has 2 fully saturated rings. The van der Waals surface area contributed by atoms with Gasteiger partial charge < -0.3 is 28.1 Å². The van der Waals surface area contributed by atoms with Crippen LogP contribution in [0.15, 0.2) is 84.9 Å². The molecule has 6 rings (SSSR count). The fraction of sp³-hybridized carbons (Fsp3) is 0.476. The zero-order chi connectivity index (χ0) is 38.6. The summed E-state index contributed by atoms with van der Waals surface area (Å²) in [5, 5.41) is 4.22. The predicted octanol–water partition coefficient (Wildman–Crippen LogP) is 7.60. The predicted molar refractivity (Wildman–Crippen MR) is 209 cm³/mol. The van der Waals surface area contributed by atoms with Crippen molar-refractivity contribution < 1.29 is 37.7 Å². The maximum atomic E-state index is 14.5. The van der Waals surface area contributed by atoms with E-state index in [2.05, 4.69) is 24.3 Å². The SMILES string of the molecule is COC(=O)[C@@H](Cc1ccc2ccccc2c1)C(C)([C@@H](Cc1ccc2ccccc2c1)C(=O)OC)N(B1OC(C)(C)C(C)(C)O1)B1OC(C)(C)C(C)(C)O1. The number of fused-ring (bicyclic) bond motifs is 2. The van der Waals surface area contributed by atoms with Crippen molar-refractivity contribution in [2.24, 2.45) is 11.8 Å². The van der Waals surface area contributed by atoms with Crippen LogP contribution in [-0.2, 0) is 50.5 Å². The van der Waals surface area contributed by atoms with Gasteiger partial charge in [-0.3, -0.25) is 14.3 Å². The van der Waals surface area contributed by atoms with Gasteiger partial charge in [-0.15, -0.1) is 0 Å². The molecule has 53 heavy (non-hydrogen) atoms. The Bertz CT molecular complexity index is 1830. The summed E-state index contributed by atoms with van der Waals surface area (Å²) in [6.45, 7) is 17.6. The molecule has 0 saturated carbocycles. The third-order valence-corrected chi connectivity index (χ3v) is 12.4. The van der Waals surface area contributed by atoms with Crippen molar-refractivity contribution in [2.45, 2.75) is 103 Å². The van der Waals surface area contributed by atoms with E-state index in [4.69, 9.17) is 28.1 Å². The van der Waals surface area contributed by atoms with Gasteiger partial charge in [0, 0.05) is 5.54 Å². The number of hydrogen-bond acceptors (Lipinski definition) is 9. The molecule has 280 valence electrons. The van der Waals surface area contributed by atoms with E-state index in [9.17, 15) is 9.59 Å². The summed E-state index contributed by atoms with van der Waals surface area (Å²) in [7, 11) is 0.542. The van der Waals surface area contributed by atoms with Crippen molar-refractivity contribution in [1.82, 2.24) is 4.72 Å². The van der Waals surface area contributed by atoms with Gasteiger partial charge in [-0.1, -0.05) is 84.9 Å². The monoisotopic (exact) mass is 721 g/mol. The lowest BCUT2D eigenvalue weighted by molar-refractivity contribution is -0.158. The largest absolute Gasteiger partial charge is 0.551 e. The summed E-state index contributed by atoms with van der Waals surface area (Å²) in [4.78, 5) is 29.1. The van der Waals surface area contributed by atoms with Crippen molar-refractivity contribution in [3.8, 4) is 0 Å². The summed E-state index contributed by atoms with van der Waals surface area (Å²) in [6.07, 6.45) is 0.434. The first kappa shape index (κ1) is 39.0. The molecular formula is C42H53B2NO8. The summed E-state index contributed by atoms with van der Waals surface area (Å²) in [5.41, 5.74) is -2.81. The molecule has 2 saturated heterocycles. The normalized spacial score (nSPS) is 21.1. The third kappa shape index (κ3) is 7.14. The highest BCUT2D eigenvalue weighted by atomic mass is 16.7. The van der Waals surface area contributed by atoms with E-state index in [-0.39, 0.29) is 12.8 Å². The molecule has 0 amide bonds. The Balaban J connectivity index is 1.60. The van der Waals surface area contributed by atoms with E-state index in [1.54, 1.807) is 0 Å². The second kappa shape index (κ2) is 14.2. The van der Waals surface area contributed by atoms with Crippen LogP contribution in [0.3, 0.4) is 0 Å². The third-order valence-electron chi connectivity index (χ3n) is 12.4. The fourth-order valence-corrected chi connectivity index (χ4v) is 7.55. The molecule has 2 aliphatic rings. The lowest BCUT2D eigenvalue weighted by Gasteiger charge is -2.50. The Morgan fingerprint density at radius 2 is 0.906 bits per heavy atom. The topological polar surface area (TPSA) is 92.8 Å². The van der Waals surface area contributed by atoms with Gasteiger partial charge in [0.05, 0.1) is 48.5 Å². The van der Waals surface area contributed by atoms with Gasteiger partial charge in [0.2, 0.25) is 0 Å². The Kier molecular flexibility index (Phi) is 10.4. The molecular weight excluding hydrogens is 668 g/mol. The zero-order valence-electron chi connectivity index (χ0n) is 33.0. The maximum Gasteiger partial charge on any atom is 0.551 e. The number of carbonyl (C=O) groups excluding carboxylic acids is 2. The maximum absolute atomic E-state index is 14.5. The minimum Gasteiger partial charge on any atom is -0.469 e. The van der Waals surface area contributed by atoms with Crippen LogP contribution in [0.1, 0.15) is 73.4 Å². The number of rotatable bonds is 11. The minimum atomic E-state index is -1.47. The van der Waals surface area contributed by atoms with Gasteiger partial charge >= 0.3 is 26.4 Å².